The average molecular weight is 241 g/mol. The normalized spacial score (nSPS) is 12.4. The molecule has 1 aromatic rings. The molecular formula is C11H13O2S2-. The Bertz CT molecular complexity index is 339. The lowest BCUT2D eigenvalue weighted by molar-refractivity contribution is -0.304. The van der Waals surface area contributed by atoms with Crippen LogP contribution < -0.4 is 5.11 Å². The maximum absolute atomic E-state index is 10.4. The van der Waals surface area contributed by atoms with Gasteiger partial charge in [-0.15, -0.1) is 11.7 Å². The molecule has 1 unspecified atom stereocenters. The van der Waals surface area contributed by atoms with Crippen LogP contribution in [-0.4, -0.2) is 11.2 Å². The zero-order valence-electron chi connectivity index (χ0n) is 8.47. The molecule has 1 atom stereocenters. The predicted octanol–water partition coefficient (Wildman–Crippen LogP) is 1.49. The first kappa shape index (κ1) is 12.5. The second-order valence-corrected chi connectivity index (χ2v) is 5.14. The summed E-state index contributed by atoms with van der Waals surface area (Å²) in [6.45, 7) is 2.09. The largest absolute Gasteiger partial charge is 0.550 e. The SMILES string of the molecule is CC(Cc1cccc(CC(=O)[O-])c1)SS. The molecule has 0 heterocycles. The molecule has 2 nitrogen and oxygen atoms in total. The van der Waals surface area contributed by atoms with Gasteiger partial charge in [0.1, 0.15) is 0 Å². The first-order chi connectivity index (χ1) is 7.11. The topological polar surface area (TPSA) is 40.1 Å². The molecule has 0 fully saturated rings. The lowest BCUT2D eigenvalue weighted by Crippen LogP contribution is -2.24. The number of rotatable bonds is 5. The minimum absolute atomic E-state index is 0.0176. The van der Waals surface area contributed by atoms with Gasteiger partial charge in [0.15, 0.2) is 0 Å². The Hall–Kier alpha value is -0.610. The zero-order chi connectivity index (χ0) is 11.3. The number of thiol groups is 1. The van der Waals surface area contributed by atoms with E-state index in [9.17, 15) is 9.90 Å². The summed E-state index contributed by atoms with van der Waals surface area (Å²) in [5, 5.41) is 10.9. The van der Waals surface area contributed by atoms with E-state index < -0.39 is 5.97 Å². The van der Waals surface area contributed by atoms with Gasteiger partial charge in [-0.25, -0.2) is 0 Å². The van der Waals surface area contributed by atoms with Crippen molar-refractivity contribution in [2.24, 2.45) is 0 Å². The van der Waals surface area contributed by atoms with Gasteiger partial charge in [0.05, 0.1) is 0 Å². The Morgan fingerprint density at radius 3 is 2.80 bits per heavy atom. The minimum Gasteiger partial charge on any atom is -0.550 e. The van der Waals surface area contributed by atoms with Gasteiger partial charge < -0.3 is 9.90 Å². The number of benzene rings is 1. The quantitative estimate of drug-likeness (QED) is 0.627. The van der Waals surface area contributed by atoms with Crippen molar-refractivity contribution in [3.8, 4) is 0 Å². The lowest BCUT2D eigenvalue weighted by Gasteiger charge is -2.09. The summed E-state index contributed by atoms with van der Waals surface area (Å²) < 4.78 is 0. The Balaban J connectivity index is 2.69. The predicted molar refractivity (Wildman–Crippen MR) is 64.9 cm³/mol. The monoisotopic (exact) mass is 241 g/mol. The summed E-state index contributed by atoms with van der Waals surface area (Å²) >= 11 is 4.14. The second-order valence-electron chi connectivity index (χ2n) is 3.49. The highest BCUT2D eigenvalue weighted by atomic mass is 33.1. The number of carboxylic acids is 1. The molecule has 0 N–H and O–H groups in total. The van der Waals surface area contributed by atoms with Gasteiger partial charge in [-0.3, -0.25) is 0 Å². The van der Waals surface area contributed by atoms with Crippen LogP contribution in [0, 0.1) is 0 Å². The fourth-order valence-electron chi connectivity index (χ4n) is 1.40. The maximum Gasteiger partial charge on any atom is 0.0458 e. The van der Waals surface area contributed by atoms with Gasteiger partial charge >= 0.3 is 0 Å². The van der Waals surface area contributed by atoms with Crippen LogP contribution in [0.4, 0.5) is 0 Å². The van der Waals surface area contributed by atoms with E-state index in [0.29, 0.717) is 5.25 Å². The third kappa shape index (κ3) is 4.62. The Morgan fingerprint density at radius 2 is 2.20 bits per heavy atom. The van der Waals surface area contributed by atoms with Gasteiger partial charge in [-0.05, 0) is 17.5 Å². The summed E-state index contributed by atoms with van der Waals surface area (Å²) in [6, 6.07) is 7.59. The second kappa shape index (κ2) is 6.08. The van der Waals surface area contributed by atoms with Crippen molar-refractivity contribution < 1.29 is 9.90 Å². The first-order valence-corrected chi connectivity index (χ1v) is 6.63. The van der Waals surface area contributed by atoms with Gasteiger partial charge in [-0.2, -0.15) is 0 Å². The Kier molecular flexibility index (Phi) is 5.05. The van der Waals surface area contributed by atoms with Crippen LogP contribution >= 0.6 is 22.5 Å². The van der Waals surface area contributed by atoms with E-state index >= 15 is 0 Å². The highest BCUT2D eigenvalue weighted by molar-refractivity contribution is 8.68. The van der Waals surface area contributed by atoms with Crippen molar-refractivity contribution >= 4 is 28.4 Å². The lowest BCUT2D eigenvalue weighted by atomic mass is 10.0. The van der Waals surface area contributed by atoms with E-state index in [4.69, 9.17) is 0 Å². The first-order valence-electron chi connectivity index (χ1n) is 4.69. The van der Waals surface area contributed by atoms with Crippen LogP contribution in [0.5, 0.6) is 0 Å². The molecule has 0 spiro atoms. The highest BCUT2D eigenvalue weighted by Gasteiger charge is 2.03. The molecule has 15 heavy (non-hydrogen) atoms. The molecule has 0 aliphatic rings. The van der Waals surface area contributed by atoms with Crippen molar-refractivity contribution in [2.75, 3.05) is 0 Å². The summed E-state index contributed by atoms with van der Waals surface area (Å²) in [5.41, 5.74) is 1.94. The van der Waals surface area contributed by atoms with Gasteiger partial charge in [0, 0.05) is 17.6 Å². The third-order valence-corrected chi connectivity index (χ3v) is 3.65. The average Bonchev–Trinajstić information content (AvgIpc) is 2.17. The summed E-state index contributed by atoms with van der Waals surface area (Å²) in [5.74, 6) is -1.04. The van der Waals surface area contributed by atoms with Crippen LogP contribution in [0.25, 0.3) is 0 Å². The molecule has 0 saturated carbocycles. The fraction of sp³-hybridized carbons (Fsp3) is 0.364. The molecule has 0 amide bonds. The standard InChI is InChI=1S/C11H14O2S2/c1-8(15-14)5-9-3-2-4-10(6-9)7-11(12)13/h2-4,6,8,14H,5,7H2,1H3,(H,12,13)/p-1. The van der Waals surface area contributed by atoms with Crippen LogP contribution in [0.3, 0.4) is 0 Å². The molecule has 0 aliphatic heterocycles. The summed E-state index contributed by atoms with van der Waals surface area (Å²) in [7, 11) is 1.51. The molecular weight excluding hydrogens is 228 g/mol. The fourth-order valence-corrected chi connectivity index (χ4v) is 1.89. The number of carboxylic acid groups (broad SMARTS) is 1. The molecule has 1 aromatic carbocycles. The summed E-state index contributed by atoms with van der Waals surface area (Å²) in [6.07, 6.45) is 0.880. The van der Waals surface area contributed by atoms with E-state index in [1.54, 1.807) is 6.07 Å². The van der Waals surface area contributed by atoms with Crippen molar-refractivity contribution in [2.45, 2.75) is 25.0 Å². The van der Waals surface area contributed by atoms with E-state index in [-0.39, 0.29) is 6.42 Å². The highest BCUT2D eigenvalue weighted by Crippen LogP contribution is 2.19. The number of hydrogen-bond acceptors (Lipinski definition) is 4. The van der Waals surface area contributed by atoms with E-state index in [1.165, 1.54) is 10.8 Å². The van der Waals surface area contributed by atoms with Gasteiger partial charge in [0.25, 0.3) is 0 Å². The van der Waals surface area contributed by atoms with Gasteiger partial charge in [0.2, 0.25) is 0 Å². The smallest absolute Gasteiger partial charge is 0.0458 e. The van der Waals surface area contributed by atoms with Crippen molar-refractivity contribution in [1.29, 1.82) is 0 Å². The number of carbonyl (C=O) groups is 1. The van der Waals surface area contributed by atoms with E-state index in [1.807, 2.05) is 18.2 Å². The molecule has 0 aliphatic carbocycles. The molecule has 82 valence electrons. The molecule has 0 saturated heterocycles. The summed E-state index contributed by atoms with van der Waals surface area (Å²) in [4.78, 5) is 10.4. The third-order valence-electron chi connectivity index (χ3n) is 2.04. The molecule has 0 aromatic heterocycles. The Labute approximate surface area is 98.9 Å². The van der Waals surface area contributed by atoms with Crippen LogP contribution in [0.15, 0.2) is 24.3 Å². The molecule has 4 heteroatoms. The maximum atomic E-state index is 10.4. The molecule has 0 radical (unpaired) electrons. The van der Waals surface area contributed by atoms with Crippen LogP contribution in [0.2, 0.25) is 0 Å². The van der Waals surface area contributed by atoms with Crippen molar-refractivity contribution in [3.05, 3.63) is 35.4 Å². The van der Waals surface area contributed by atoms with Crippen molar-refractivity contribution in [3.63, 3.8) is 0 Å². The van der Waals surface area contributed by atoms with E-state index in [2.05, 4.69) is 18.6 Å². The Morgan fingerprint density at radius 1 is 1.53 bits per heavy atom. The van der Waals surface area contributed by atoms with Crippen LogP contribution in [0.1, 0.15) is 18.1 Å². The number of hydrogen-bond donors (Lipinski definition) is 1. The molecule has 0 bridgehead atoms. The zero-order valence-corrected chi connectivity index (χ0v) is 10.2. The van der Waals surface area contributed by atoms with Crippen LogP contribution in [-0.2, 0) is 17.6 Å². The number of carbonyl (C=O) groups excluding carboxylic acids is 1. The minimum atomic E-state index is -1.04. The van der Waals surface area contributed by atoms with Crippen molar-refractivity contribution in [1.82, 2.24) is 0 Å². The molecule has 1 rings (SSSR count). The van der Waals surface area contributed by atoms with E-state index in [0.717, 1.165) is 17.5 Å². The number of aliphatic carboxylic acids is 1. The van der Waals surface area contributed by atoms with Gasteiger partial charge in [-0.1, -0.05) is 42.0 Å².